The van der Waals surface area contributed by atoms with Crippen LogP contribution in [0.3, 0.4) is 0 Å². The second-order valence-electron chi connectivity index (χ2n) is 4.60. The number of nitrogens with zero attached hydrogens (tertiary/aromatic N) is 1. The van der Waals surface area contributed by atoms with E-state index < -0.39 is 11.6 Å². The fourth-order valence-corrected chi connectivity index (χ4v) is 1.93. The zero-order chi connectivity index (χ0) is 13.2. The molecule has 0 unspecified atom stereocenters. The van der Waals surface area contributed by atoms with Crippen molar-refractivity contribution in [2.45, 2.75) is 26.3 Å². The first-order valence-corrected chi connectivity index (χ1v) is 5.93. The average molecular weight is 302 g/mol. The highest BCUT2D eigenvalue weighted by molar-refractivity contribution is 9.10. The van der Waals surface area contributed by atoms with Crippen LogP contribution in [0.4, 0.5) is 10.5 Å². The molecule has 1 aromatic rings. The van der Waals surface area contributed by atoms with Crippen LogP contribution in [0.2, 0.25) is 0 Å². The second-order valence-corrected chi connectivity index (χ2v) is 5.52. The van der Waals surface area contributed by atoms with Gasteiger partial charge in [-0.25, -0.2) is 4.79 Å². The molecule has 1 amide bonds. The van der Waals surface area contributed by atoms with Crippen LogP contribution in [-0.2, 0) is 0 Å². The van der Waals surface area contributed by atoms with Crippen LogP contribution in [0.15, 0.2) is 22.7 Å². The number of halogens is 1. The Hall–Kier alpha value is -1.23. The third-order valence-corrected chi connectivity index (χ3v) is 2.74. The van der Waals surface area contributed by atoms with Crippen molar-refractivity contribution in [3.8, 4) is 5.75 Å². The molecular formula is C12H16BrNO3. The van der Waals surface area contributed by atoms with Crippen LogP contribution in [0, 0.1) is 0 Å². The number of hydrogen-bond acceptors (Lipinski definition) is 2. The van der Waals surface area contributed by atoms with Crippen molar-refractivity contribution in [3.05, 3.63) is 22.7 Å². The highest BCUT2D eigenvalue weighted by Gasteiger charge is 2.30. The summed E-state index contributed by atoms with van der Waals surface area (Å²) in [5.41, 5.74) is 0.00291. The lowest BCUT2D eigenvalue weighted by Gasteiger charge is -2.34. The van der Waals surface area contributed by atoms with E-state index >= 15 is 0 Å². The van der Waals surface area contributed by atoms with Gasteiger partial charge in [0.05, 0.1) is 12.8 Å². The molecule has 4 nitrogen and oxygen atoms in total. The van der Waals surface area contributed by atoms with Gasteiger partial charge in [0.1, 0.15) is 5.75 Å². The lowest BCUT2D eigenvalue weighted by Crippen LogP contribution is -2.45. The first kappa shape index (κ1) is 13.8. The van der Waals surface area contributed by atoms with Crippen LogP contribution in [0.5, 0.6) is 5.75 Å². The number of methoxy groups -OCH3 is 1. The number of amides is 1. The number of anilines is 1. The fraction of sp³-hybridized carbons (Fsp3) is 0.417. The van der Waals surface area contributed by atoms with Gasteiger partial charge in [-0.05, 0) is 39.0 Å². The zero-order valence-corrected chi connectivity index (χ0v) is 11.9. The molecule has 0 radical (unpaired) electrons. The third-order valence-electron chi connectivity index (χ3n) is 2.24. The molecule has 0 aliphatic rings. The lowest BCUT2D eigenvalue weighted by molar-refractivity contribution is 0.195. The number of hydrogen-bond donors (Lipinski definition) is 1. The summed E-state index contributed by atoms with van der Waals surface area (Å²) in [6, 6.07) is 5.26. The van der Waals surface area contributed by atoms with Crippen LogP contribution in [0.1, 0.15) is 20.8 Å². The number of carboxylic acid groups (broad SMARTS) is 1. The van der Waals surface area contributed by atoms with E-state index in [2.05, 4.69) is 15.9 Å². The van der Waals surface area contributed by atoms with Gasteiger partial charge in [-0.15, -0.1) is 0 Å². The molecule has 0 aliphatic carbocycles. The van der Waals surface area contributed by atoms with Gasteiger partial charge in [-0.3, -0.25) is 4.90 Å². The van der Waals surface area contributed by atoms with E-state index in [1.54, 1.807) is 18.2 Å². The SMILES string of the molecule is COc1cc(Br)ccc1N(C(=O)O)C(C)(C)C. The van der Waals surface area contributed by atoms with Crippen LogP contribution in [0.25, 0.3) is 0 Å². The number of carbonyl (C=O) groups is 1. The summed E-state index contributed by atoms with van der Waals surface area (Å²) in [6.07, 6.45) is -1.00. The quantitative estimate of drug-likeness (QED) is 0.905. The first-order chi connectivity index (χ1) is 7.77. The van der Waals surface area contributed by atoms with Crippen molar-refractivity contribution in [2.24, 2.45) is 0 Å². The Morgan fingerprint density at radius 1 is 1.41 bits per heavy atom. The fourth-order valence-electron chi connectivity index (χ4n) is 1.59. The number of benzene rings is 1. The number of ether oxygens (including phenoxy) is 1. The molecule has 0 saturated heterocycles. The van der Waals surface area contributed by atoms with Crippen molar-refractivity contribution in [2.75, 3.05) is 12.0 Å². The topological polar surface area (TPSA) is 49.8 Å². The standard InChI is InChI=1S/C12H16BrNO3/c1-12(2,3)14(11(15)16)9-6-5-8(13)7-10(9)17-4/h5-7H,1-4H3,(H,15,16). The van der Waals surface area contributed by atoms with Gasteiger partial charge in [-0.2, -0.15) is 0 Å². The molecule has 0 atom stereocenters. The van der Waals surface area contributed by atoms with Crippen LogP contribution < -0.4 is 9.64 Å². The normalized spacial score (nSPS) is 11.1. The Balaban J connectivity index is 3.33. The summed E-state index contributed by atoms with van der Waals surface area (Å²) < 4.78 is 6.06. The van der Waals surface area contributed by atoms with Gasteiger partial charge in [0.15, 0.2) is 0 Å². The maximum Gasteiger partial charge on any atom is 0.412 e. The minimum absolute atomic E-state index is 0.525. The number of rotatable bonds is 2. The Morgan fingerprint density at radius 2 is 2.00 bits per heavy atom. The average Bonchev–Trinajstić information content (AvgIpc) is 2.17. The van der Waals surface area contributed by atoms with E-state index in [1.807, 2.05) is 20.8 Å². The summed E-state index contributed by atoms with van der Waals surface area (Å²) in [5.74, 6) is 0.525. The largest absolute Gasteiger partial charge is 0.495 e. The summed E-state index contributed by atoms with van der Waals surface area (Å²) in [4.78, 5) is 12.6. The molecular weight excluding hydrogens is 286 g/mol. The molecule has 1 aromatic carbocycles. The Bertz CT molecular complexity index is 426. The van der Waals surface area contributed by atoms with Crippen molar-refractivity contribution in [3.63, 3.8) is 0 Å². The molecule has 0 fully saturated rings. The highest BCUT2D eigenvalue weighted by Crippen LogP contribution is 2.35. The Kier molecular flexibility index (Phi) is 4.03. The molecule has 94 valence electrons. The monoisotopic (exact) mass is 301 g/mol. The zero-order valence-electron chi connectivity index (χ0n) is 10.3. The smallest absolute Gasteiger partial charge is 0.412 e. The van der Waals surface area contributed by atoms with E-state index in [4.69, 9.17) is 4.74 Å². The first-order valence-electron chi connectivity index (χ1n) is 5.14. The Labute approximate surface area is 109 Å². The van der Waals surface area contributed by atoms with Gasteiger partial charge in [-0.1, -0.05) is 15.9 Å². The van der Waals surface area contributed by atoms with Crippen LogP contribution in [-0.4, -0.2) is 23.8 Å². The summed E-state index contributed by atoms with van der Waals surface area (Å²) in [6.45, 7) is 5.51. The van der Waals surface area contributed by atoms with Crippen molar-refractivity contribution >= 4 is 27.7 Å². The van der Waals surface area contributed by atoms with E-state index in [0.29, 0.717) is 11.4 Å². The maximum absolute atomic E-state index is 11.4. The molecule has 17 heavy (non-hydrogen) atoms. The van der Waals surface area contributed by atoms with E-state index in [-0.39, 0.29) is 0 Å². The third kappa shape index (κ3) is 3.12. The highest BCUT2D eigenvalue weighted by atomic mass is 79.9. The summed E-state index contributed by atoms with van der Waals surface area (Å²) in [5, 5.41) is 9.31. The molecule has 0 aromatic heterocycles. The summed E-state index contributed by atoms with van der Waals surface area (Å²) >= 11 is 3.33. The molecule has 1 N–H and O–H groups in total. The van der Waals surface area contributed by atoms with Gasteiger partial charge in [0.2, 0.25) is 0 Å². The minimum atomic E-state index is -1.00. The molecule has 1 rings (SSSR count). The molecule has 0 aliphatic heterocycles. The van der Waals surface area contributed by atoms with Gasteiger partial charge >= 0.3 is 6.09 Å². The lowest BCUT2D eigenvalue weighted by atomic mass is 10.1. The Morgan fingerprint density at radius 3 is 2.41 bits per heavy atom. The molecule has 0 heterocycles. The van der Waals surface area contributed by atoms with E-state index in [0.717, 1.165) is 4.47 Å². The molecule has 0 spiro atoms. The van der Waals surface area contributed by atoms with Crippen LogP contribution >= 0.6 is 15.9 Å². The van der Waals surface area contributed by atoms with Crippen molar-refractivity contribution in [1.82, 2.24) is 0 Å². The minimum Gasteiger partial charge on any atom is -0.495 e. The van der Waals surface area contributed by atoms with E-state index in [9.17, 15) is 9.90 Å². The van der Waals surface area contributed by atoms with Crippen molar-refractivity contribution < 1.29 is 14.6 Å². The maximum atomic E-state index is 11.4. The van der Waals surface area contributed by atoms with Gasteiger partial charge < -0.3 is 9.84 Å². The predicted octanol–water partition coefficient (Wildman–Crippen LogP) is 3.74. The van der Waals surface area contributed by atoms with Crippen molar-refractivity contribution in [1.29, 1.82) is 0 Å². The van der Waals surface area contributed by atoms with Gasteiger partial charge in [0, 0.05) is 10.0 Å². The molecule has 5 heteroatoms. The molecule has 0 bridgehead atoms. The van der Waals surface area contributed by atoms with E-state index in [1.165, 1.54) is 12.0 Å². The predicted molar refractivity (Wildman–Crippen MR) is 71.0 cm³/mol. The molecule has 0 saturated carbocycles. The second kappa shape index (κ2) is 4.96. The van der Waals surface area contributed by atoms with Gasteiger partial charge in [0.25, 0.3) is 0 Å². The summed E-state index contributed by atoms with van der Waals surface area (Å²) in [7, 11) is 1.52.